The summed E-state index contributed by atoms with van der Waals surface area (Å²) in [5.41, 5.74) is 1.17. The number of rotatable bonds is 5. The van der Waals surface area contributed by atoms with E-state index in [9.17, 15) is 23.6 Å². The number of carbonyl (C=O) groups is 4. The summed E-state index contributed by atoms with van der Waals surface area (Å²) in [6.45, 7) is -1.13. The molecule has 2 aromatic carbocycles. The summed E-state index contributed by atoms with van der Waals surface area (Å²) >= 11 is 0. The third kappa shape index (κ3) is 3.66. The van der Waals surface area contributed by atoms with Gasteiger partial charge in [-0.15, -0.1) is 0 Å². The molecule has 26 heavy (non-hydrogen) atoms. The molecule has 0 fully saturated rings. The Balaban J connectivity index is 1.60. The van der Waals surface area contributed by atoms with E-state index in [1.807, 2.05) is 0 Å². The van der Waals surface area contributed by atoms with Gasteiger partial charge in [-0.1, -0.05) is 18.2 Å². The zero-order chi connectivity index (χ0) is 18.7. The normalized spacial score (nSPS) is 13.3. The second-order valence-electron chi connectivity index (χ2n) is 5.71. The number of ether oxygens (including phenoxy) is 1. The van der Waals surface area contributed by atoms with Crippen LogP contribution in [0, 0.1) is 5.82 Å². The molecule has 1 aliphatic rings. The van der Waals surface area contributed by atoms with Crippen LogP contribution in [0.15, 0.2) is 48.5 Å². The number of imide groups is 1. The Bertz CT molecular complexity index is 891. The SMILES string of the molecule is O=C(CN1C(=O)Cc2ccccc2C1=O)OCC(=O)c1ccc(F)cc1. The molecule has 132 valence electrons. The molecule has 0 saturated heterocycles. The van der Waals surface area contributed by atoms with Crippen LogP contribution in [0.1, 0.15) is 26.3 Å². The van der Waals surface area contributed by atoms with E-state index in [4.69, 9.17) is 4.74 Å². The number of ketones is 1. The summed E-state index contributed by atoms with van der Waals surface area (Å²) in [4.78, 5) is 49.1. The Morgan fingerprint density at radius 3 is 2.46 bits per heavy atom. The second kappa shape index (κ2) is 7.26. The van der Waals surface area contributed by atoms with E-state index >= 15 is 0 Å². The van der Waals surface area contributed by atoms with Crippen LogP contribution in [0.25, 0.3) is 0 Å². The van der Waals surface area contributed by atoms with Crippen LogP contribution in [0.3, 0.4) is 0 Å². The summed E-state index contributed by atoms with van der Waals surface area (Å²) in [5, 5.41) is 0. The first-order valence-electron chi connectivity index (χ1n) is 7.82. The van der Waals surface area contributed by atoms with Crippen LogP contribution < -0.4 is 0 Å². The van der Waals surface area contributed by atoms with E-state index in [0.29, 0.717) is 11.1 Å². The average molecular weight is 355 g/mol. The topological polar surface area (TPSA) is 80.8 Å². The summed E-state index contributed by atoms with van der Waals surface area (Å²) in [5.74, 6) is -2.95. The highest BCUT2D eigenvalue weighted by Crippen LogP contribution is 2.19. The fraction of sp³-hybridized carbons (Fsp3) is 0.158. The Labute approximate surface area is 148 Å². The second-order valence-corrected chi connectivity index (χ2v) is 5.71. The van der Waals surface area contributed by atoms with Gasteiger partial charge in [0, 0.05) is 11.1 Å². The lowest BCUT2D eigenvalue weighted by atomic mass is 9.98. The minimum Gasteiger partial charge on any atom is -0.456 e. The Morgan fingerprint density at radius 2 is 1.73 bits per heavy atom. The van der Waals surface area contributed by atoms with E-state index in [1.165, 1.54) is 12.1 Å². The number of amides is 2. The number of halogens is 1. The van der Waals surface area contributed by atoms with Crippen molar-refractivity contribution in [3.05, 3.63) is 71.0 Å². The van der Waals surface area contributed by atoms with Crippen molar-refractivity contribution < 1.29 is 28.3 Å². The number of benzene rings is 2. The van der Waals surface area contributed by atoms with Gasteiger partial charge in [-0.05, 0) is 35.9 Å². The fourth-order valence-electron chi connectivity index (χ4n) is 2.60. The number of hydrogen-bond donors (Lipinski definition) is 0. The van der Waals surface area contributed by atoms with Crippen LogP contribution in [-0.4, -0.2) is 41.6 Å². The zero-order valence-corrected chi connectivity index (χ0v) is 13.6. The number of hydrogen-bond acceptors (Lipinski definition) is 5. The monoisotopic (exact) mass is 355 g/mol. The van der Waals surface area contributed by atoms with E-state index in [1.54, 1.807) is 24.3 Å². The molecule has 7 heteroatoms. The van der Waals surface area contributed by atoms with Gasteiger partial charge in [0.1, 0.15) is 12.4 Å². The lowest BCUT2D eigenvalue weighted by Gasteiger charge is -2.25. The largest absolute Gasteiger partial charge is 0.456 e. The van der Waals surface area contributed by atoms with Gasteiger partial charge in [-0.2, -0.15) is 0 Å². The first-order chi connectivity index (χ1) is 12.5. The maximum Gasteiger partial charge on any atom is 0.326 e. The zero-order valence-electron chi connectivity index (χ0n) is 13.6. The molecule has 0 radical (unpaired) electrons. The Morgan fingerprint density at radius 1 is 1.04 bits per heavy atom. The molecule has 6 nitrogen and oxygen atoms in total. The maximum absolute atomic E-state index is 12.8. The molecule has 0 aromatic heterocycles. The molecule has 2 aromatic rings. The highest BCUT2D eigenvalue weighted by atomic mass is 19.1. The van der Waals surface area contributed by atoms with Gasteiger partial charge < -0.3 is 4.74 Å². The molecule has 2 amide bonds. The van der Waals surface area contributed by atoms with Crippen LogP contribution in [0.5, 0.6) is 0 Å². The maximum atomic E-state index is 12.8. The van der Waals surface area contributed by atoms with Gasteiger partial charge in [-0.25, -0.2) is 4.39 Å². The highest BCUT2D eigenvalue weighted by molar-refractivity contribution is 6.11. The smallest absolute Gasteiger partial charge is 0.326 e. The average Bonchev–Trinajstić information content (AvgIpc) is 2.64. The molecule has 0 atom stereocenters. The van der Waals surface area contributed by atoms with Crippen LogP contribution in [0.2, 0.25) is 0 Å². The standard InChI is InChI=1S/C19H14FNO5/c20-14-7-5-12(6-8-14)16(22)11-26-18(24)10-21-17(23)9-13-3-1-2-4-15(13)19(21)25/h1-8H,9-11H2. The predicted molar refractivity (Wildman–Crippen MR) is 87.9 cm³/mol. The van der Waals surface area contributed by atoms with Crippen molar-refractivity contribution in [2.45, 2.75) is 6.42 Å². The van der Waals surface area contributed by atoms with Gasteiger partial charge in [0.05, 0.1) is 6.42 Å². The minimum atomic E-state index is -0.874. The first-order valence-corrected chi connectivity index (χ1v) is 7.82. The Kier molecular flexibility index (Phi) is 4.88. The molecular weight excluding hydrogens is 341 g/mol. The number of Topliss-reactive ketones (excluding diaryl/α,β-unsaturated/α-hetero) is 1. The van der Waals surface area contributed by atoms with Crippen molar-refractivity contribution in [1.29, 1.82) is 0 Å². The van der Waals surface area contributed by atoms with Crippen LogP contribution in [0.4, 0.5) is 4.39 Å². The van der Waals surface area contributed by atoms with Crippen molar-refractivity contribution in [2.75, 3.05) is 13.2 Å². The quantitative estimate of drug-likeness (QED) is 0.464. The fourth-order valence-corrected chi connectivity index (χ4v) is 2.60. The van der Waals surface area contributed by atoms with Gasteiger partial charge in [0.15, 0.2) is 12.4 Å². The molecule has 0 saturated carbocycles. The van der Waals surface area contributed by atoms with Crippen molar-refractivity contribution in [1.82, 2.24) is 4.90 Å². The van der Waals surface area contributed by atoms with E-state index < -0.39 is 42.5 Å². The van der Waals surface area contributed by atoms with Crippen molar-refractivity contribution in [2.24, 2.45) is 0 Å². The predicted octanol–water partition coefficient (Wildman–Crippen LogP) is 1.78. The highest BCUT2D eigenvalue weighted by Gasteiger charge is 2.32. The summed E-state index contributed by atoms with van der Waals surface area (Å²) in [6, 6.07) is 11.5. The molecule has 0 spiro atoms. The lowest BCUT2D eigenvalue weighted by Crippen LogP contribution is -2.45. The third-order valence-electron chi connectivity index (χ3n) is 3.95. The van der Waals surface area contributed by atoms with Crippen molar-refractivity contribution >= 4 is 23.6 Å². The summed E-state index contributed by atoms with van der Waals surface area (Å²) in [7, 11) is 0. The van der Waals surface area contributed by atoms with E-state index in [-0.39, 0.29) is 12.0 Å². The van der Waals surface area contributed by atoms with Gasteiger partial charge >= 0.3 is 5.97 Å². The summed E-state index contributed by atoms with van der Waals surface area (Å²) in [6.07, 6.45) is 0.0176. The van der Waals surface area contributed by atoms with E-state index in [0.717, 1.165) is 17.0 Å². The van der Waals surface area contributed by atoms with Gasteiger partial charge in [0.25, 0.3) is 5.91 Å². The molecule has 0 N–H and O–H groups in total. The Hall–Kier alpha value is -3.35. The molecule has 0 aliphatic carbocycles. The van der Waals surface area contributed by atoms with Gasteiger partial charge in [-0.3, -0.25) is 24.1 Å². The first kappa shape index (κ1) is 17.5. The number of carbonyl (C=O) groups excluding carboxylic acids is 4. The molecule has 1 aliphatic heterocycles. The minimum absolute atomic E-state index is 0.0176. The molecular formula is C19H14FNO5. The number of nitrogens with zero attached hydrogens (tertiary/aromatic N) is 1. The van der Waals surface area contributed by atoms with Crippen molar-refractivity contribution in [3.8, 4) is 0 Å². The molecule has 3 rings (SSSR count). The number of fused-ring (bicyclic) bond motifs is 1. The van der Waals surface area contributed by atoms with Crippen LogP contribution >= 0.6 is 0 Å². The molecule has 0 bridgehead atoms. The van der Waals surface area contributed by atoms with Gasteiger partial charge in [0.2, 0.25) is 5.91 Å². The lowest BCUT2D eigenvalue weighted by molar-refractivity contribution is -0.146. The summed E-state index contributed by atoms with van der Waals surface area (Å²) < 4.78 is 17.7. The molecule has 0 unspecified atom stereocenters. The van der Waals surface area contributed by atoms with Crippen LogP contribution in [-0.2, 0) is 20.7 Å². The van der Waals surface area contributed by atoms with E-state index in [2.05, 4.69) is 0 Å². The van der Waals surface area contributed by atoms with Crippen molar-refractivity contribution in [3.63, 3.8) is 0 Å². The third-order valence-corrected chi connectivity index (χ3v) is 3.95. The number of esters is 1. The molecule has 1 heterocycles.